The number of H-pyrrole nitrogens is 1. The molecule has 8 rings (SSSR count). The molecular weight excluding hydrogens is 658 g/mol. The number of imide groups is 1. The minimum atomic E-state index is -1.68. The Labute approximate surface area is 281 Å². The molecular formula is C34H35N3O13. The third-order valence-electron chi connectivity index (χ3n) is 10.1. The van der Waals surface area contributed by atoms with Gasteiger partial charge in [0.05, 0.1) is 54.0 Å². The minimum Gasteiger partial charge on any atom is -0.394 e. The molecule has 3 aliphatic heterocycles. The van der Waals surface area contributed by atoms with Gasteiger partial charge in [-0.15, -0.1) is 0 Å². The number of carbonyl (C=O) groups is 2. The number of aliphatic hydroxyl groups excluding tert-OH is 8. The fraction of sp³-hybridized carbons (Fsp3) is 0.412. The summed E-state index contributed by atoms with van der Waals surface area (Å²) in [7, 11) is 0. The van der Waals surface area contributed by atoms with E-state index in [1.54, 1.807) is 47.0 Å². The number of hydrogen-bond donors (Lipinski definition) is 9. The molecule has 2 fully saturated rings. The fourth-order valence-electron chi connectivity index (χ4n) is 7.61. The smallest absolute Gasteiger partial charge is 0.262 e. The standard InChI is InChI=1S/C34H35N3O13/c38-11-17-25(40)27(42)29(44)33(49-17)37-16-8-4-2-6-14(16)20-22-21(19-13-5-1-3-7-15(13)35-23(19)24(20)37)31(46)36(32(22)47)9-10-48-34-30(45)28(43)26(41)18(12-39)50-34/h1-8,17-18,25-30,33-35,38-45H,9-12H2/t17-,18-,25-,26-,27+,28+,29-,30-,33-,34-/m1/s1. The van der Waals surface area contributed by atoms with Crippen LogP contribution in [0.2, 0.25) is 0 Å². The van der Waals surface area contributed by atoms with Gasteiger partial charge in [-0.05, 0) is 12.1 Å². The lowest BCUT2D eigenvalue weighted by Gasteiger charge is -2.41. The maximum absolute atomic E-state index is 14.4. The Balaban J connectivity index is 1.28. The molecule has 2 saturated heterocycles. The molecule has 264 valence electrons. The average Bonchev–Trinajstić information content (AvgIpc) is 3.75. The summed E-state index contributed by atoms with van der Waals surface area (Å²) in [5.41, 5.74) is 2.14. The van der Waals surface area contributed by atoms with Gasteiger partial charge in [0.15, 0.2) is 12.5 Å². The quantitative estimate of drug-likeness (QED) is 0.0912. The Morgan fingerprint density at radius 3 is 2.00 bits per heavy atom. The van der Waals surface area contributed by atoms with Crippen molar-refractivity contribution in [1.82, 2.24) is 14.5 Å². The molecule has 10 atom stereocenters. The molecule has 3 aromatic carbocycles. The van der Waals surface area contributed by atoms with Crippen LogP contribution in [0.25, 0.3) is 43.6 Å². The molecule has 0 bridgehead atoms. The first-order valence-electron chi connectivity index (χ1n) is 16.2. The van der Waals surface area contributed by atoms with Gasteiger partial charge in [-0.3, -0.25) is 14.5 Å². The second kappa shape index (κ2) is 12.3. The molecule has 0 aliphatic carbocycles. The summed E-state index contributed by atoms with van der Waals surface area (Å²) < 4.78 is 18.7. The predicted octanol–water partition coefficient (Wildman–Crippen LogP) is -1.19. The highest BCUT2D eigenvalue weighted by Gasteiger charge is 2.48. The Morgan fingerprint density at radius 2 is 1.30 bits per heavy atom. The van der Waals surface area contributed by atoms with Crippen LogP contribution < -0.4 is 0 Å². The first kappa shape index (κ1) is 33.1. The van der Waals surface area contributed by atoms with Gasteiger partial charge in [0.2, 0.25) is 0 Å². The maximum atomic E-state index is 14.4. The number of amides is 2. The summed E-state index contributed by atoms with van der Waals surface area (Å²) in [6.45, 7) is -1.93. The molecule has 2 amide bonds. The van der Waals surface area contributed by atoms with E-state index < -0.39 is 86.4 Å². The average molecular weight is 694 g/mol. The van der Waals surface area contributed by atoms with Crippen LogP contribution in [0.1, 0.15) is 26.9 Å². The van der Waals surface area contributed by atoms with Gasteiger partial charge >= 0.3 is 0 Å². The van der Waals surface area contributed by atoms with E-state index in [4.69, 9.17) is 14.2 Å². The number of rotatable bonds is 7. The van der Waals surface area contributed by atoms with Crippen molar-refractivity contribution in [1.29, 1.82) is 0 Å². The lowest BCUT2D eigenvalue weighted by atomic mass is 9.96. The summed E-state index contributed by atoms with van der Waals surface area (Å²) in [6.07, 6.45) is -15.1. The van der Waals surface area contributed by atoms with Crippen molar-refractivity contribution in [3.63, 3.8) is 0 Å². The number of nitrogens with zero attached hydrogens (tertiary/aromatic N) is 2. The highest BCUT2D eigenvalue weighted by molar-refractivity contribution is 6.39. The summed E-state index contributed by atoms with van der Waals surface area (Å²) >= 11 is 0. The Morgan fingerprint density at radius 1 is 0.700 bits per heavy atom. The van der Waals surface area contributed by atoms with Gasteiger partial charge in [0, 0.05) is 27.1 Å². The topological polar surface area (TPSA) is 248 Å². The van der Waals surface area contributed by atoms with Crippen LogP contribution in [-0.4, -0.2) is 149 Å². The van der Waals surface area contributed by atoms with Crippen molar-refractivity contribution >= 4 is 55.4 Å². The van der Waals surface area contributed by atoms with E-state index in [9.17, 15) is 50.4 Å². The van der Waals surface area contributed by atoms with E-state index in [-0.39, 0.29) is 24.3 Å². The minimum absolute atomic E-state index is 0.0784. The molecule has 0 spiro atoms. The summed E-state index contributed by atoms with van der Waals surface area (Å²) in [6, 6.07) is 14.1. The molecule has 5 aromatic rings. The largest absolute Gasteiger partial charge is 0.394 e. The zero-order chi connectivity index (χ0) is 35.2. The Kier molecular flexibility index (Phi) is 8.17. The molecule has 5 heterocycles. The normalized spacial score (nSPS) is 31.9. The molecule has 16 nitrogen and oxygen atoms in total. The van der Waals surface area contributed by atoms with E-state index in [2.05, 4.69) is 4.98 Å². The predicted molar refractivity (Wildman–Crippen MR) is 173 cm³/mol. The molecule has 0 unspecified atom stereocenters. The fourth-order valence-corrected chi connectivity index (χ4v) is 7.61. The van der Waals surface area contributed by atoms with Crippen molar-refractivity contribution in [2.75, 3.05) is 26.4 Å². The van der Waals surface area contributed by atoms with Crippen LogP contribution in [-0.2, 0) is 14.2 Å². The number of aromatic nitrogens is 2. The van der Waals surface area contributed by atoms with Crippen LogP contribution in [0.5, 0.6) is 0 Å². The van der Waals surface area contributed by atoms with Crippen LogP contribution in [0.3, 0.4) is 0 Å². The number of ether oxygens (including phenoxy) is 3. The van der Waals surface area contributed by atoms with E-state index in [0.717, 1.165) is 4.90 Å². The second-order valence-corrected chi connectivity index (χ2v) is 12.8. The van der Waals surface area contributed by atoms with Gasteiger partial charge < -0.3 is 64.6 Å². The van der Waals surface area contributed by atoms with E-state index in [1.165, 1.54) is 0 Å². The van der Waals surface area contributed by atoms with Crippen LogP contribution in [0.4, 0.5) is 0 Å². The summed E-state index contributed by atoms with van der Waals surface area (Å²) in [5.74, 6) is -1.28. The van der Waals surface area contributed by atoms with E-state index >= 15 is 0 Å². The second-order valence-electron chi connectivity index (χ2n) is 12.8. The van der Waals surface area contributed by atoms with Crippen molar-refractivity contribution in [3.05, 3.63) is 59.7 Å². The molecule has 0 radical (unpaired) electrons. The number of benzene rings is 3. The number of fused-ring (bicyclic) bond motifs is 10. The molecule has 9 N–H and O–H groups in total. The van der Waals surface area contributed by atoms with Crippen molar-refractivity contribution in [2.24, 2.45) is 0 Å². The number of aliphatic hydroxyl groups is 8. The molecule has 3 aliphatic rings. The molecule has 16 heteroatoms. The first-order valence-corrected chi connectivity index (χ1v) is 16.2. The van der Waals surface area contributed by atoms with E-state index in [1.807, 2.05) is 6.07 Å². The lowest BCUT2D eigenvalue weighted by Crippen LogP contribution is -2.59. The molecule has 50 heavy (non-hydrogen) atoms. The van der Waals surface area contributed by atoms with Crippen LogP contribution in [0.15, 0.2) is 48.5 Å². The van der Waals surface area contributed by atoms with Crippen LogP contribution >= 0.6 is 0 Å². The van der Waals surface area contributed by atoms with Crippen molar-refractivity contribution < 1.29 is 64.7 Å². The van der Waals surface area contributed by atoms with Gasteiger partial charge in [0.1, 0.15) is 48.8 Å². The monoisotopic (exact) mass is 693 g/mol. The Bertz CT molecular complexity index is 2140. The third-order valence-corrected chi connectivity index (χ3v) is 10.1. The third kappa shape index (κ3) is 4.66. The van der Waals surface area contributed by atoms with Crippen LogP contribution in [0, 0.1) is 0 Å². The van der Waals surface area contributed by atoms with Gasteiger partial charge in [-0.1, -0.05) is 36.4 Å². The SMILES string of the molecule is O=C1c2c(c3c4ccccc4n([C@@H]4O[C@H](CO)[C@@H](O)[C@H](O)[C@H]4O)c3c3[nH]c4ccccc4c23)C(=O)N1CCO[C@@H]1O[C@H](CO)[C@@H](O)[C@H](O)[C@H]1O. The number of hydrogen-bond acceptors (Lipinski definition) is 13. The zero-order valence-corrected chi connectivity index (χ0v) is 26.2. The Hall–Kier alpha value is -4.04. The van der Waals surface area contributed by atoms with Gasteiger partial charge in [-0.2, -0.15) is 0 Å². The zero-order valence-electron chi connectivity index (χ0n) is 26.2. The number of carbonyl (C=O) groups excluding carboxylic acids is 2. The highest BCUT2D eigenvalue weighted by atomic mass is 16.7. The van der Waals surface area contributed by atoms with E-state index in [0.29, 0.717) is 43.6 Å². The number of para-hydroxylation sites is 2. The number of aromatic amines is 1. The first-order chi connectivity index (χ1) is 24.1. The van der Waals surface area contributed by atoms with Crippen molar-refractivity contribution in [3.8, 4) is 0 Å². The lowest BCUT2D eigenvalue weighted by molar-refractivity contribution is -0.300. The highest BCUT2D eigenvalue weighted by Crippen LogP contribution is 2.47. The summed E-state index contributed by atoms with van der Waals surface area (Å²) in [4.78, 5) is 33.1. The van der Waals surface area contributed by atoms with Gasteiger partial charge in [-0.25, -0.2) is 0 Å². The molecule has 2 aromatic heterocycles. The van der Waals surface area contributed by atoms with Gasteiger partial charge in [0.25, 0.3) is 11.8 Å². The maximum Gasteiger partial charge on any atom is 0.262 e. The number of nitrogens with one attached hydrogen (secondary N) is 1. The molecule has 0 saturated carbocycles. The van der Waals surface area contributed by atoms with Crippen molar-refractivity contribution in [2.45, 2.75) is 61.3 Å². The summed E-state index contributed by atoms with van der Waals surface area (Å²) in [5, 5.41) is 84.6.